The molecule has 1 aliphatic heterocycles. The van der Waals surface area contributed by atoms with E-state index in [1.807, 2.05) is 26.0 Å². The number of benzene rings is 2. The molecule has 0 radical (unpaired) electrons. The van der Waals surface area contributed by atoms with Crippen molar-refractivity contribution in [3.05, 3.63) is 77.9 Å². The first-order valence-electron chi connectivity index (χ1n) is 7.28. The third-order valence-corrected chi connectivity index (χ3v) is 3.13. The maximum absolute atomic E-state index is 4.73. The number of allylic oxidation sites excluding steroid dienone is 1. The smallest absolute Gasteiger partial charge is 0.0665 e. The van der Waals surface area contributed by atoms with Crippen LogP contribution in [0, 0.1) is 0 Å². The van der Waals surface area contributed by atoms with Gasteiger partial charge in [-0.25, -0.2) is 0 Å². The molecule has 0 N–H and O–H groups in total. The average molecular weight is 263 g/mol. The van der Waals surface area contributed by atoms with Crippen LogP contribution in [0.5, 0.6) is 0 Å². The van der Waals surface area contributed by atoms with Crippen molar-refractivity contribution in [1.29, 1.82) is 0 Å². The van der Waals surface area contributed by atoms with Crippen molar-refractivity contribution in [2.75, 3.05) is 0 Å². The second-order valence-electron chi connectivity index (χ2n) is 4.50. The van der Waals surface area contributed by atoms with Crippen LogP contribution in [0.4, 0.5) is 0 Å². The van der Waals surface area contributed by atoms with E-state index in [4.69, 9.17) is 4.99 Å². The Hall–Kier alpha value is -2.15. The topological polar surface area (TPSA) is 12.4 Å². The van der Waals surface area contributed by atoms with Gasteiger partial charge in [0.1, 0.15) is 0 Å². The van der Waals surface area contributed by atoms with Crippen molar-refractivity contribution in [2.45, 2.75) is 26.7 Å². The highest BCUT2D eigenvalue weighted by molar-refractivity contribution is 5.97. The van der Waals surface area contributed by atoms with Crippen LogP contribution in [-0.4, -0.2) is 5.71 Å². The summed E-state index contributed by atoms with van der Waals surface area (Å²) in [6, 6.07) is 20.9. The number of hydrogen-bond donors (Lipinski definition) is 0. The van der Waals surface area contributed by atoms with Gasteiger partial charge in [-0.05, 0) is 11.1 Å². The highest BCUT2D eigenvalue weighted by Gasteiger charge is 2.10. The zero-order valence-electron chi connectivity index (χ0n) is 12.2. The quantitative estimate of drug-likeness (QED) is 0.727. The van der Waals surface area contributed by atoms with Gasteiger partial charge in [-0.15, -0.1) is 0 Å². The minimum absolute atomic E-state index is 0.952. The molecule has 2 aromatic carbocycles. The van der Waals surface area contributed by atoms with Crippen molar-refractivity contribution >= 4 is 11.4 Å². The molecule has 1 heteroatoms. The molecule has 0 spiro atoms. The van der Waals surface area contributed by atoms with E-state index < -0.39 is 0 Å². The van der Waals surface area contributed by atoms with E-state index in [2.05, 4.69) is 54.6 Å². The predicted octanol–water partition coefficient (Wildman–Crippen LogP) is 5.14. The second-order valence-corrected chi connectivity index (χ2v) is 4.50. The highest BCUT2D eigenvalue weighted by atomic mass is 14.8. The van der Waals surface area contributed by atoms with E-state index in [1.54, 1.807) is 0 Å². The Bertz CT molecular complexity index is 580. The Morgan fingerprint density at radius 1 is 0.850 bits per heavy atom. The molecule has 0 atom stereocenters. The third kappa shape index (κ3) is 3.67. The van der Waals surface area contributed by atoms with Crippen LogP contribution in [0.2, 0.25) is 0 Å². The van der Waals surface area contributed by atoms with Crippen molar-refractivity contribution in [2.24, 2.45) is 4.99 Å². The zero-order valence-corrected chi connectivity index (χ0v) is 12.2. The van der Waals surface area contributed by atoms with E-state index >= 15 is 0 Å². The summed E-state index contributed by atoms with van der Waals surface area (Å²) in [4.78, 5) is 4.73. The largest absolute Gasteiger partial charge is 0.257 e. The summed E-state index contributed by atoms with van der Waals surface area (Å²) in [6.07, 6.45) is 4.14. The highest BCUT2D eigenvalue weighted by Crippen LogP contribution is 2.23. The first kappa shape index (κ1) is 14.3. The maximum Gasteiger partial charge on any atom is 0.0665 e. The Morgan fingerprint density at radius 2 is 1.45 bits per heavy atom. The Kier molecular flexibility index (Phi) is 5.31. The molecule has 3 rings (SSSR count). The molecule has 0 aliphatic carbocycles. The molecule has 102 valence electrons. The molecular formula is C19H21N. The zero-order chi connectivity index (χ0) is 14.2. The molecule has 0 aromatic heterocycles. The first-order chi connectivity index (χ1) is 9.92. The maximum atomic E-state index is 4.73. The summed E-state index contributed by atoms with van der Waals surface area (Å²) in [6.45, 7) is 4.00. The Balaban J connectivity index is 0.000000704. The number of rotatable bonds is 3. The van der Waals surface area contributed by atoms with Gasteiger partial charge in [-0.3, -0.25) is 4.99 Å². The van der Waals surface area contributed by atoms with Crippen molar-refractivity contribution in [3.8, 4) is 0 Å². The summed E-state index contributed by atoms with van der Waals surface area (Å²) >= 11 is 0. The van der Waals surface area contributed by atoms with Gasteiger partial charge in [0.25, 0.3) is 0 Å². The van der Waals surface area contributed by atoms with Crippen LogP contribution in [0.1, 0.15) is 31.4 Å². The van der Waals surface area contributed by atoms with Crippen molar-refractivity contribution in [1.82, 2.24) is 0 Å². The van der Waals surface area contributed by atoms with Crippen LogP contribution in [0.3, 0.4) is 0 Å². The molecule has 0 fully saturated rings. The molecule has 0 saturated carbocycles. The molecule has 20 heavy (non-hydrogen) atoms. The lowest BCUT2D eigenvalue weighted by molar-refractivity contribution is 1.27. The van der Waals surface area contributed by atoms with E-state index in [0.29, 0.717) is 0 Å². The molecular weight excluding hydrogens is 242 g/mol. The third-order valence-electron chi connectivity index (χ3n) is 3.13. The minimum atomic E-state index is 0.952. The fourth-order valence-electron chi connectivity index (χ4n) is 2.21. The van der Waals surface area contributed by atoms with E-state index in [0.717, 1.165) is 18.5 Å². The molecule has 0 bridgehead atoms. The van der Waals surface area contributed by atoms with Crippen LogP contribution in [0.15, 0.2) is 71.7 Å². The normalized spacial score (nSPS) is 13.1. The van der Waals surface area contributed by atoms with Gasteiger partial charge < -0.3 is 0 Å². The molecule has 1 nitrogen and oxygen atoms in total. The van der Waals surface area contributed by atoms with Gasteiger partial charge in [0, 0.05) is 18.6 Å². The van der Waals surface area contributed by atoms with E-state index in [-0.39, 0.29) is 0 Å². The van der Waals surface area contributed by atoms with Crippen molar-refractivity contribution < 1.29 is 0 Å². The first-order valence-corrected chi connectivity index (χ1v) is 7.28. The van der Waals surface area contributed by atoms with Crippen molar-refractivity contribution in [3.63, 3.8) is 0 Å². The molecule has 0 saturated heterocycles. The number of aliphatic imine (C=N–C) groups is 1. The summed E-state index contributed by atoms with van der Waals surface area (Å²) in [5.74, 6) is 0. The standard InChI is InChI=1S/C17H15N.C2H6/c1-3-7-14(8-4-1)13-16-11-12-17(18-16)15-9-5-2-6-10-15;1-2/h1-10,12H,11,13H2;1-2H3. The van der Waals surface area contributed by atoms with Crippen LogP contribution in [-0.2, 0) is 6.42 Å². The Labute approximate surface area is 121 Å². The lowest BCUT2D eigenvalue weighted by Gasteiger charge is -2.00. The summed E-state index contributed by atoms with van der Waals surface area (Å²) in [5.41, 5.74) is 4.90. The van der Waals surface area contributed by atoms with E-state index in [9.17, 15) is 0 Å². The van der Waals surface area contributed by atoms with Crippen LogP contribution in [0.25, 0.3) is 5.70 Å². The van der Waals surface area contributed by atoms with Gasteiger partial charge in [0.05, 0.1) is 5.70 Å². The van der Waals surface area contributed by atoms with Gasteiger partial charge >= 0.3 is 0 Å². The monoisotopic (exact) mass is 263 g/mol. The van der Waals surface area contributed by atoms with Crippen LogP contribution < -0.4 is 0 Å². The molecule has 0 amide bonds. The summed E-state index contributed by atoms with van der Waals surface area (Å²) in [7, 11) is 0. The van der Waals surface area contributed by atoms with E-state index in [1.165, 1.54) is 16.8 Å². The lowest BCUT2D eigenvalue weighted by atomic mass is 10.1. The van der Waals surface area contributed by atoms with Gasteiger partial charge in [0.15, 0.2) is 0 Å². The average Bonchev–Trinajstić information content (AvgIpc) is 3.00. The second kappa shape index (κ2) is 7.44. The molecule has 1 heterocycles. The number of hydrogen-bond acceptors (Lipinski definition) is 1. The number of nitrogens with zero attached hydrogens (tertiary/aromatic N) is 1. The molecule has 2 aromatic rings. The SMILES string of the molecule is C1=C(c2ccccc2)N=C(Cc2ccccc2)C1.CC. The van der Waals surface area contributed by atoms with Crippen LogP contribution >= 0.6 is 0 Å². The summed E-state index contributed by atoms with van der Waals surface area (Å²) < 4.78 is 0. The van der Waals surface area contributed by atoms with Gasteiger partial charge in [0.2, 0.25) is 0 Å². The molecule has 1 aliphatic rings. The Morgan fingerprint density at radius 3 is 2.10 bits per heavy atom. The fraction of sp³-hybridized carbons (Fsp3) is 0.211. The summed E-state index contributed by atoms with van der Waals surface area (Å²) in [5, 5.41) is 0. The fourth-order valence-corrected chi connectivity index (χ4v) is 2.21. The van der Waals surface area contributed by atoms with Gasteiger partial charge in [-0.2, -0.15) is 0 Å². The minimum Gasteiger partial charge on any atom is -0.257 e. The predicted molar refractivity (Wildman–Crippen MR) is 88.0 cm³/mol. The van der Waals surface area contributed by atoms with Gasteiger partial charge in [-0.1, -0.05) is 80.6 Å². The lowest BCUT2D eigenvalue weighted by Crippen LogP contribution is -1.98. The molecule has 0 unspecified atom stereocenters.